The fraction of sp³-hybridized carbons (Fsp3) is 0.207. The van der Waals surface area contributed by atoms with Crippen LogP contribution in [0.15, 0.2) is 64.0 Å². The smallest absolute Gasteiger partial charge is 0.270 e. The number of hydrogen-bond donors (Lipinski definition) is 1. The summed E-state index contributed by atoms with van der Waals surface area (Å²) in [5.41, 5.74) is 5.38. The number of thioether (sulfide) groups is 1. The lowest BCUT2D eigenvalue weighted by atomic mass is 10.1. The average molecular weight is 627 g/mol. The first-order chi connectivity index (χ1) is 18.6. The van der Waals surface area contributed by atoms with E-state index < -0.39 is 0 Å². The van der Waals surface area contributed by atoms with Gasteiger partial charge in [-0.3, -0.25) is 14.5 Å². The monoisotopic (exact) mass is 625 g/mol. The van der Waals surface area contributed by atoms with E-state index in [-0.39, 0.29) is 18.4 Å². The highest BCUT2D eigenvalue weighted by molar-refractivity contribution is 9.10. The molecule has 3 aromatic carbocycles. The van der Waals surface area contributed by atoms with Crippen LogP contribution in [0.3, 0.4) is 0 Å². The van der Waals surface area contributed by atoms with Crippen molar-refractivity contribution in [2.24, 2.45) is 0 Å². The van der Waals surface area contributed by atoms with Gasteiger partial charge in [-0.25, -0.2) is 0 Å². The van der Waals surface area contributed by atoms with Crippen molar-refractivity contribution in [1.29, 1.82) is 0 Å². The summed E-state index contributed by atoms with van der Waals surface area (Å²) in [5.74, 6) is 0.375. The second kappa shape index (κ2) is 12.2. The van der Waals surface area contributed by atoms with Gasteiger partial charge in [-0.05, 0) is 101 Å². The van der Waals surface area contributed by atoms with Crippen molar-refractivity contribution >= 4 is 79.2 Å². The van der Waals surface area contributed by atoms with E-state index in [0.717, 1.165) is 32.5 Å². The minimum Gasteiger partial charge on any atom is -0.493 e. The molecule has 2 amide bonds. The summed E-state index contributed by atoms with van der Waals surface area (Å²) in [7, 11) is 5.44. The van der Waals surface area contributed by atoms with Crippen molar-refractivity contribution in [2.45, 2.75) is 13.8 Å². The number of rotatable bonds is 8. The Morgan fingerprint density at radius 1 is 1.08 bits per heavy atom. The first kappa shape index (κ1) is 28.7. The largest absolute Gasteiger partial charge is 0.493 e. The van der Waals surface area contributed by atoms with Crippen LogP contribution in [0.4, 0.5) is 17.1 Å². The van der Waals surface area contributed by atoms with E-state index in [2.05, 4.69) is 21.2 Å². The number of aryl methyl sites for hydroxylation is 2. The van der Waals surface area contributed by atoms with Gasteiger partial charge in [-0.1, -0.05) is 30.0 Å². The topological polar surface area (TPSA) is 71.1 Å². The van der Waals surface area contributed by atoms with E-state index in [1.807, 2.05) is 69.2 Å². The summed E-state index contributed by atoms with van der Waals surface area (Å²) < 4.78 is 12.5. The molecule has 202 valence electrons. The van der Waals surface area contributed by atoms with Gasteiger partial charge in [0.1, 0.15) is 0 Å². The van der Waals surface area contributed by atoms with E-state index in [9.17, 15) is 9.59 Å². The Hall–Kier alpha value is -3.34. The first-order valence-electron chi connectivity index (χ1n) is 12.0. The Bertz CT molecular complexity index is 1470. The molecule has 1 N–H and O–H groups in total. The highest BCUT2D eigenvalue weighted by Crippen LogP contribution is 2.37. The zero-order valence-corrected chi connectivity index (χ0v) is 25.4. The lowest BCUT2D eigenvalue weighted by molar-refractivity contribution is -0.118. The van der Waals surface area contributed by atoms with Crippen LogP contribution in [-0.2, 0) is 9.59 Å². The highest BCUT2D eigenvalue weighted by Gasteiger charge is 2.33. The maximum Gasteiger partial charge on any atom is 0.270 e. The molecule has 0 aliphatic carbocycles. The molecule has 7 nitrogen and oxygen atoms in total. The number of hydrogen-bond acceptors (Lipinski definition) is 7. The zero-order valence-electron chi connectivity index (χ0n) is 22.2. The number of benzene rings is 3. The quantitative estimate of drug-likeness (QED) is 0.224. The first-order valence-corrected chi connectivity index (χ1v) is 14.0. The Morgan fingerprint density at radius 2 is 1.77 bits per heavy atom. The molecule has 1 saturated heterocycles. The van der Waals surface area contributed by atoms with Crippen LogP contribution >= 0.6 is 39.9 Å². The van der Waals surface area contributed by atoms with Crippen molar-refractivity contribution < 1.29 is 19.1 Å². The van der Waals surface area contributed by atoms with Crippen molar-refractivity contribution in [3.63, 3.8) is 0 Å². The van der Waals surface area contributed by atoms with Crippen molar-refractivity contribution in [2.75, 3.05) is 42.9 Å². The number of carbonyl (C=O) groups excluding carboxylic acids is 2. The summed E-state index contributed by atoms with van der Waals surface area (Å²) >= 11 is 10.2. The Balaban J connectivity index is 1.45. The minimum atomic E-state index is -0.299. The van der Waals surface area contributed by atoms with Crippen LogP contribution in [0.1, 0.15) is 16.7 Å². The predicted molar refractivity (Wildman–Crippen MR) is 167 cm³/mol. The normalized spacial score (nSPS) is 14.1. The van der Waals surface area contributed by atoms with Gasteiger partial charge >= 0.3 is 0 Å². The van der Waals surface area contributed by atoms with Crippen LogP contribution in [0.5, 0.6) is 11.5 Å². The van der Waals surface area contributed by atoms with E-state index in [1.54, 1.807) is 24.3 Å². The zero-order chi connectivity index (χ0) is 28.3. The number of anilines is 3. The Labute approximate surface area is 246 Å². The Morgan fingerprint density at radius 3 is 2.44 bits per heavy atom. The number of thiocarbonyl (C=S) groups is 1. The van der Waals surface area contributed by atoms with Gasteiger partial charge in [0.25, 0.3) is 11.8 Å². The van der Waals surface area contributed by atoms with Crippen molar-refractivity contribution in [1.82, 2.24) is 0 Å². The van der Waals surface area contributed by atoms with Gasteiger partial charge in [-0.2, -0.15) is 0 Å². The Kier molecular flexibility index (Phi) is 8.99. The number of ether oxygens (including phenoxy) is 2. The van der Waals surface area contributed by atoms with Gasteiger partial charge < -0.3 is 19.7 Å². The maximum absolute atomic E-state index is 13.2. The third kappa shape index (κ3) is 6.63. The summed E-state index contributed by atoms with van der Waals surface area (Å²) in [6.45, 7) is 3.80. The van der Waals surface area contributed by atoms with Crippen molar-refractivity contribution in [3.8, 4) is 11.5 Å². The molecule has 4 rings (SSSR count). The molecule has 0 radical (unpaired) electrons. The molecule has 1 fully saturated rings. The molecule has 0 atom stereocenters. The van der Waals surface area contributed by atoms with Crippen LogP contribution in [0.2, 0.25) is 0 Å². The molecule has 10 heteroatoms. The number of nitrogens with one attached hydrogen (secondary N) is 1. The summed E-state index contributed by atoms with van der Waals surface area (Å²) in [6, 6.07) is 16.8. The van der Waals surface area contributed by atoms with Crippen LogP contribution in [0.25, 0.3) is 6.08 Å². The maximum atomic E-state index is 13.2. The minimum absolute atomic E-state index is 0.184. The van der Waals surface area contributed by atoms with E-state index in [4.69, 9.17) is 21.7 Å². The van der Waals surface area contributed by atoms with Crippen LogP contribution in [-0.4, -0.2) is 43.9 Å². The number of halogens is 1. The molecule has 1 aliphatic rings. The molecule has 39 heavy (non-hydrogen) atoms. The van der Waals surface area contributed by atoms with Gasteiger partial charge in [0.15, 0.2) is 22.4 Å². The number of methoxy groups -OCH3 is 1. The van der Waals surface area contributed by atoms with E-state index in [1.165, 1.54) is 23.8 Å². The fourth-order valence-electron chi connectivity index (χ4n) is 3.84. The standard InChI is InChI=1S/C29H28BrN3O4S2/c1-17-12-22(30)23(13-18(17)2)31-27(34)16-37-24-11-6-19(14-25(24)36-5)15-26-28(35)33(29(38)39-26)21-9-7-20(8-10-21)32(3)4/h6-15H,16H2,1-5H3,(H,31,34)/b26-15+. The molecule has 1 heterocycles. The molecule has 1 aliphatic heterocycles. The van der Waals surface area contributed by atoms with Gasteiger partial charge in [0, 0.05) is 24.3 Å². The molecule has 3 aromatic rings. The van der Waals surface area contributed by atoms with Gasteiger partial charge in [0.05, 0.1) is 23.4 Å². The molecule has 0 aromatic heterocycles. The average Bonchev–Trinajstić information content (AvgIpc) is 3.18. The van der Waals surface area contributed by atoms with Gasteiger partial charge in [-0.15, -0.1) is 0 Å². The number of nitrogens with zero attached hydrogens (tertiary/aromatic N) is 2. The lowest BCUT2D eigenvalue weighted by Gasteiger charge is -2.17. The molecule has 0 unspecified atom stereocenters. The fourth-order valence-corrected chi connectivity index (χ4v) is 5.70. The van der Waals surface area contributed by atoms with Gasteiger partial charge in [0.2, 0.25) is 0 Å². The molecule has 0 saturated carbocycles. The number of amides is 2. The molecular formula is C29H28BrN3O4S2. The predicted octanol–water partition coefficient (Wildman–Crippen LogP) is 6.56. The van der Waals surface area contributed by atoms with Crippen LogP contribution in [0, 0.1) is 13.8 Å². The second-order valence-corrected chi connectivity index (χ2v) is 11.6. The summed E-state index contributed by atoms with van der Waals surface area (Å²) in [6.07, 6.45) is 1.77. The third-order valence-electron chi connectivity index (χ3n) is 6.12. The lowest BCUT2D eigenvalue weighted by Crippen LogP contribution is -2.27. The molecule has 0 bridgehead atoms. The number of carbonyl (C=O) groups is 2. The SMILES string of the molecule is COc1cc(/C=C2/SC(=S)N(c3ccc(N(C)C)cc3)C2=O)ccc1OCC(=O)Nc1cc(C)c(C)cc1Br. The summed E-state index contributed by atoms with van der Waals surface area (Å²) in [4.78, 5) is 29.7. The highest BCUT2D eigenvalue weighted by atomic mass is 79.9. The van der Waals surface area contributed by atoms with E-state index >= 15 is 0 Å². The second-order valence-electron chi connectivity index (χ2n) is 9.09. The van der Waals surface area contributed by atoms with Crippen LogP contribution < -0.4 is 24.6 Å². The van der Waals surface area contributed by atoms with E-state index in [0.29, 0.717) is 26.4 Å². The molecule has 0 spiro atoms. The third-order valence-corrected chi connectivity index (χ3v) is 8.08. The van der Waals surface area contributed by atoms with Crippen molar-refractivity contribution in [3.05, 3.63) is 80.7 Å². The summed E-state index contributed by atoms with van der Waals surface area (Å²) in [5, 5.41) is 2.86. The molecular weight excluding hydrogens is 598 g/mol.